The zero-order chi connectivity index (χ0) is 11.4. The summed E-state index contributed by atoms with van der Waals surface area (Å²) in [4.78, 5) is 10.8. The Bertz CT molecular complexity index is 363. The van der Waals surface area contributed by atoms with Crippen LogP contribution in [0, 0.1) is 6.92 Å². The number of carbonyl (C=O) groups is 1. The fourth-order valence-corrected chi connectivity index (χ4v) is 1.32. The van der Waals surface area contributed by atoms with Crippen molar-refractivity contribution >= 4 is 17.6 Å². The maximum absolute atomic E-state index is 10.8. The van der Waals surface area contributed by atoms with Crippen LogP contribution in [0.5, 0.6) is 5.75 Å². The Balaban J connectivity index is 2.87. The maximum Gasteiger partial charge on any atom is 0.344 e. The van der Waals surface area contributed by atoms with Gasteiger partial charge in [-0.3, -0.25) is 0 Å². The van der Waals surface area contributed by atoms with Gasteiger partial charge in [-0.1, -0.05) is 24.6 Å². The number of aryl methyl sites for hydroxylation is 1. The predicted molar refractivity (Wildman–Crippen MR) is 58.5 cm³/mol. The van der Waals surface area contributed by atoms with E-state index < -0.39 is 12.1 Å². The van der Waals surface area contributed by atoms with Gasteiger partial charge in [-0.2, -0.15) is 0 Å². The second-order valence-corrected chi connectivity index (χ2v) is 3.70. The lowest BCUT2D eigenvalue weighted by molar-refractivity contribution is -0.145. The van der Waals surface area contributed by atoms with Gasteiger partial charge in [0.1, 0.15) is 5.75 Å². The Labute approximate surface area is 93.6 Å². The van der Waals surface area contributed by atoms with Gasteiger partial charge < -0.3 is 9.84 Å². The van der Waals surface area contributed by atoms with Crippen molar-refractivity contribution < 1.29 is 14.6 Å². The molecule has 0 fully saturated rings. The summed E-state index contributed by atoms with van der Waals surface area (Å²) in [6.07, 6.45) is -0.399. The van der Waals surface area contributed by atoms with Crippen molar-refractivity contribution in [1.29, 1.82) is 0 Å². The van der Waals surface area contributed by atoms with Gasteiger partial charge in [0.2, 0.25) is 0 Å². The molecular formula is C11H13ClO3. The lowest BCUT2D eigenvalue weighted by atomic mass is 10.2. The number of hydrogen-bond acceptors (Lipinski definition) is 2. The molecule has 0 aliphatic rings. The molecule has 0 saturated heterocycles. The van der Waals surface area contributed by atoms with Crippen LogP contribution >= 0.6 is 11.6 Å². The first kappa shape index (κ1) is 11.9. The van der Waals surface area contributed by atoms with Crippen LogP contribution in [0.15, 0.2) is 18.2 Å². The highest BCUT2D eigenvalue weighted by Gasteiger charge is 2.17. The average Bonchev–Trinajstić information content (AvgIpc) is 2.18. The van der Waals surface area contributed by atoms with Crippen molar-refractivity contribution in [1.82, 2.24) is 0 Å². The first-order valence-corrected chi connectivity index (χ1v) is 5.08. The molecule has 0 aromatic heterocycles. The molecule has 1 aromatic rings. The minimum absolute atomic E-state index is 0.418. The standard InChI is InChI=1S/C11H13ClO3/c1-3-9(11(13)14)15-10-6-8(12)5-4-7(10)2/h4-6,9H,3H2,1-2H3,(H,13,14). The van der Waals surface area contributed by atoms with Crippen LogP contribution in [0.25, 0.3) is 0 Å². The number of rotatable bonds is 4. The molecule has 0 saturated carbocycles. The molecule has 1 unspecified atom stereocenters. The SMILES string of the molecule is CCC(Oc1cc(Cl)ccc1C)C(=O)O. The van der Waals surface area contributed by atoms with E-state index in [2.05, 4.69) is 0 Å². The van der Waals surface area contributed by atoms with Gasteiger partial charge in [0.25, 0.3) is 0 Å². The fraction of sp³-hybridized carbons (Fsp3) is 0.364. The van der Waals surface area contributed by atoms with E-state index in [9.17, 15) is 4.79 Å². The minimum atomic E-state index is -0.961. The van der Waals surface area contributed by atoms with Crippen LogP contribution < -0.4 is 4.74 Å². The van der Waals surface area contributed by atoms with Gasteiger partial charge in [-0.05, 0) is 31.0 Å². The van der Waals surface area contributed by atoms with Crippen molar-refractivity contribution in [2.45, 2.75) is 26.4 Å². The number of carboxylic acid groups (broad SMARTS) is 1. The van der Waals surface area contributed by atoms with Gasteiger partial charge in [-0.25, -0.2) is 4.79 Å². The third-order valence-electron chi connectivity index (χ3n) is 2.07. The Hall–Kier alpha value is -1.22. The molecule has 0 amide bonds. The Kier molecular flexibility index (Phi) is 3.97. The Morgan fingerprint density at radius 2 is 2.27 bits per heavy atom. The Morgan fingerprint density at radius 1 is 1.60 bits per heavy atom. The highest BCUT2D eigenvalue weighted by Crippen LogP contribution is 2.24. The molecule has 15 heavy (non-hydrogen) atoms. The third-order valence-corrected chi connectivity index (χ3v) is 2.30. The molecule has 0 heterocycles. The van der Waals surface area contributed by atoms with E-state index in [0.29, 0.717) is 17.2 Å². The molecule has 0 spiro atoms. The fourth-order valence-electron chi connectivity index (χ4n) is 1.16. The third kappa shape index (κ3) is 3.13. The number of halogens is 1. The van der Waals surface area contributed by atoms with E-state index in [1.54, 1.807) is 25.1 Å². The van der Waals surface area contributed by atoms with Crippen LogP contribution in [0.2, 0.25) is 5.02 Å². The molecule has 3 nitrogen and oxygen atoms in total. The number of aliphatic carboxylic acids is 1. The van der Waals surface area contributed by atoms with Crippen LogP contribution in [-0.4, -0.2) is 17.2 Å². The smallest absolute Gasteiger partial charge is 0.344 e. The highest BCUT2D eigenvalue weighted by atomic mass is 35.5. The molecule has 1 N–H and O–H groups in total. The second kappa shape index (κ2) is 5.03. The van der Waals surface area contributed by atoms with E-state index in [-0.39, 0.29) is 0 Å². The summed E-state index contributed by atoms with van der Waals surface area (Å²) in [6.45, 7) is 3.61. The monoisotopic (exact) mass is 228 g/mol. The lowest BCUT2D eigenvalue weighted by Gasteiger charge is -2.15. The van der Waals surface area contributed by atoms with Crippen molar-refractivity contribution in [3.8, 4) is 5.75 Å². The molecule has 0 bridgehead atoms. The maximum atomic E-state index is 10.8. The molecule has 1 rings (SSSR count). The zero-order valence-corrected chi connectivity index (χ0v) is 9.41. The summed E-state index contributed by atoms with van der Waals surface area (Å²) in [6, 6.07) is 5.17. The Morgan fingerprint density at radius 3 is 2.80 bits per heavy atom. The number of carboxylic acids is 1. The van der Waals surface area contributed by atoms with Crippen LogP contribution in [0.3, 0.4) is 0 Å². The molecular weight excluding hydrogens is 216 g/mol. The summed E-state index contributed by atoms with van der Waals surface area (Å²) >= 11 is 5.80. The predicted octanol–water partition coefficient (Wildman–Crippen LogP) is 2.89. The van der Waals surface area contributed by atoms with Crippen LogP contribution in [0.1, 0.15) is 18.9 Å². The van der Waals surface area contributed by atoms with Gasteiger partial charge in [0.15, 0.2) is 6.10 Å². The first-order valence-electron chi connectivity index (χ1n) is 4.70. The summed E-state index contributed by atoms with van der Waals surface area (Å²) < 4.78 is 5.35. The average molecular weight is 229 g/mol. The van der Waals surface area contributed by atoms with E-state index in [4.69, 9.17) is 21.4 Å². The van der Waals surface area contributed by atoms with Crippen molar-refractivity contribution in [2.75, 3.05) is 0 Å². The molecule has 1 atom stereocenters. The largest absolute Gasteiger partial charge is 0.479 e. The van der Waals surface area contributed by atoms with Gasteiger partial charge >= 0.3 is 5.97 Å². The lowest BCUT2D eigenvalue weighted by Crippen LogP contribution is -2.26. The molecule has 0 aliphatic carbocycles. The van der Waals surface area contributed by atoms with Crippen molar-refractivity contribution in [3.05, 3.63) is 28.8 Å². The highest BCUT2D eigenvalue weighted by molar-refractivity contribution is 6.30. The van der Waals surface area contributed by atoms with Crippen LogP contribution in [-0.2, 0) is 4.79 Å². The van der Waals surface area contributed by atoms with Crippen molar-refractivity contribution in [2.24, 2.45) is 0 Å². The van der Waals surface area contributed by atoms with Crippen molar-refractivity contribution in [3.63, 3.8) is 0 Å². The topological polar surface area (TPSA) is 46.5 Å². The summed E-state index contributed by atoms with van der Waals surface area (Å²) in [5.41, 5.74) is 0.874. The van der Waals surface area contributed by atoms with Gasteiger partial charge in [-0.15, -0.1) is 0 Å². The zero-order valence-electron chi connectivity index (χ0n) is 8.66. The van der Waals surface area contributed by atoms with Crippen LogP contribution in [0.4, 0.5) is 0 Å². The molecule has 4 heteroatoms. The number of benzene rings is 1. The van der Waals surface area contributed by atoms with E-state index in [0.717, 1.165) is 5.56 Å². The normalized spacial score (nSPS) is 12.2. The summed E-state index contributed by atoms with van der Waals surface area (Å²) in [5, 5.41) is 9.37. The van der Waals surface area contributed by atoms with Gasteiger partial charge in [0.05, 0.1) is 0 Å². The minimum Gasteiger partial charge on any atom is -0.479 e. The van der Waals surface area contributed by atoms with E-state index in [1.807, 2.05) is 6.92 Å². The first-order chi connectivity index (χ1) is 7.04. The van der Waals surface area contributed by atoms with E-state index >= 15 is 0 Å². The molecule has 0 radical (unpaired) electrons. The summed E-state index contributed by atoms with van der Waals surface area (Å²) in [7, 11) is 0. The number of hydrogen-bond donors (Lipinski definition) is 1. The second-order valence-electron chi connectivity index (χ2n) is 3.26. The quantitative estimate of drug-likeness (QED) is 0.862. The molecule has 0 aliphatic heterocycles. The molecule has 1 aromatic carbocycles. The molecule has 82 valence electrons. The van der Waals surface area contributed by atoms with E-state index in [1.165, 1.54) is 0 Å². The van der Waals surface area contributed by atoms with Gasteiger partial charge in [0, 0.05) is 5.02 Å². The summed E-state index contributed by atoms with van der Waals surface area (Å²) in [5.74, 6) is -0.436. The number of ether oxygens (including phenoxy) is 1.